The summed E-state index contributed by atoms with van der Waals surface area (Å²) in [6.07, 6.45) is -4.22. The number of sulfonamides is 1. The number of alkyl halides is 3. The number of aromatic nitrogens is 2. The summed E-state index contributed by atoms with van der Waals surface area (Å²) in [7, 11) is -3.88. The average molecular weight is 472 g/mol. The van der Waals surface area contributed by atoms with Crippen molar-refractivity contribution in [2.75, 3.05) is 18.0 Å². The number of hydrogen-bond donors (Lipinski definition) is 1. The van der Waals surface area contributed by atoms with E-state index in [1.54, 1.807) is 4.90 Å². The predicted molar refractivity (Wildman–Crippen MR) is 106 cm³/mol. The molecule has 0 atom stereocenters. The van der Waals surface area contributed by atoms with Crippen LogP contribution < -0.4 is 9.62 Å². The first kappa shape index (κ1) is 22.3. The molecule has 0 bridgehead atoms. The maximum absolute atomic E-state index is 13.8. The van der Waals surface area contributed by atoms with Crippen LogP contribution in [0.5, 0.6) is 0 Å². The molecular weight excluding hydrogens is 455 g/mol. The first-order chi connectivity index (χ1) is 15.0. The van der Waals surface area contributed by atoms with E-state index in [1.165, 1.54) is 0 Å². The molecule has 170 valence electrons. The van der Waals surface area contributed by atoms with Crippen molar-refractivity contribution < 1.29 is 30.4 Å². The Morgan fingerprint density at radius 2 is 1.56 bits per heavy atom. The molecule has 1 fully saturated rings. The Labute approximate surface area is 180 Å². The van der Waals surface area contributed by atoms with Crippen LogP contribution in [-0.2, 0) is 16.2 Å². The van der Waals surface area contributed by atoms with Gasteiger partial charge in [-0.05, 0) is 55.3 Å². The van der Waals surface area contributed by atoms with E-state index >= 15 is 0 Å². The van der Waals surface area contributed by atoms with Crippen LogP contribution in [0.3, 0.4) is 0 Å². The Morgan fingerprint density at radius 3 is 2.19 bits per heavy atom. The van der Waals surface area contributed by atoms with Crippen molar-refractivity contribution in [3.8, 4) is 0 Å². The summed E-state index contributed by atoms with van der Waals surface area (Å²) in [6, 6.07) is 7.15. The number of piperidine rings is 1. The Balaban J connectivity index is 1.55. The molecule has 1 N–H and O–H groups in total. The number of fused-ring (bicyclic) bond motifs is 1. The fourth-order valence-corrected chi connectivity index (χ4v) is 4.87. The summed E-state index contributed by atoms with van der Waals surface area (Å²) in [6.45, 7) is 0.382. The minimum Gasteiger partial charge on any atom is -0.356 e. The smallest absolute Gasteiger partial charge is 0.356 e. The highest BCUT2D eigenvalue weighted by Crippen LogP contribution is 2.33. The van der Waals surface area contributed by atoms with E-state index in [2.05, 4.69) is 14.7 Å². The van der Waals surface area contributed by atoms with Gasteiger partial charge in [0.15, 0.2) is 0 Å². The first-order valence-corrected chi connectivity index (χ1v) is 11.1. The van der Waals surface area contributed by atoms with Crippen LogP contribution in [0, 0.1) is 11.6 Å². The number of hydrogen-bond acceptors (Lipinski definition) is 5. The van der Waals surface area contributed by atoms with Crippen molar-refractivity contribution in [2.45, 2.75) is 30.0 Å². The summed E-state index contributed by atoms with van der Waals surface area (Å²) < 4.78 is 94.1. The van der Waals surface area contributed by atoms with Crippen LogP contribution in [0.2, 0.25) is 0 Å². The number of benzene rings is 2. The van der Waals surface area contributed by atoms with Gasteiger partial charge in [0.1, 0.15) is 17.5 Å². The average Bonchev–Trinajstić information content (AvgIpc) is 2.73. The predicted octanol–water partition coefficient (Wildman–Crippen LogP) is 3.87. The minimum absolute atomic E-state index is 0.0390. The third kappa shape index (κ3) is 4.65. The van der Waals surface area contributed by atoms with Crippen molar-refractivity contribution >= 4 is 26.7 Å². The molecule has 12 heteroatoms. The summed E-state index contributed by atoms with van der Waals surface area (Å²) >= 11 is 0. The summed E-state index contributed by atoms with van der Waals surface area (Å²) in [5.74, 6) is -2.58. The summed E-state index contributed by atoms with van der Waals surface area (Å²) in [5, 5.41) is 0.142. The van der Waals surface area contributed by atoms with E-state index in [0.717, 1.165) is 42.5 Å². The molecule has 0 spiro atoms. The zero-order chi connectivity index (χ0) is 23.1. The van der Waals surface area contributed by atoms with Crippen LogP contribution in [0.4, 0.5) is 27.8 Å². The number of halogens is 5. The maximum Gasteiger partial charge on any atom is 0.451 e. The molecule has 2 heterocycles. The highest BCUT2D eigenvalue weighted by molar-refractivity contribution is 7.89. The second-order valence-electron chi connectivity index (χ2n) is 7.37. The van der Waals surface area contributed by atoms with Crippen molar-refractivity contribution in [3.05, 3.63) is 59.9 Å². The molecule has 1 aliphatic rings. The monoisotopic (exact) mass is 472 g/mol. The van der Waals surface area contributed by atoms with Gasteiger partial charge in [-0.25, -0.2) is 31.9 Å². The van der Waals surface area contributed by atoms with Gasteiger partial charge in [0, 0.05) is 24.5 Å². The van der Waals surface area contributed by atoms with E-state index in [1.807, 2.05) is 0 Å². The van der Waals surface area contributed by atoms with Crippen LogP contribution in [0.1, 0.15) is 18.7 Å². The topological polar surface area (TPSA) is 75.2 Å². The SMILES string of the molecule is O=S(=O)(NC1CCN(c2nc(C(F)(F)F)nc3ccc(F)cc23)CC1)c1ccc(F)cc1. The van der Waals surface area contributed by atoms with Crippen LogP contribution in [-0.4, -0.2) is 37.5 Å². The Kier molecular flexibility index (Phi) is 5.76. The van der Waals surface area contributed by atoms with Gasteiger partial charge in [0.05, 0.1) is 10.4 Å². The van der Waals surface area contributed by atoms with E-state index < -0.39 is 39.7 Å². The Bertz CT molecular complexity index is 1240. The molecule has 1 aliphatic heterocycles. The normalized spacial score (nSPS) is 16.0. The largest absolute Gasteiger partial charge is 0.451 e. The van der Waals surface area contributed by atoms with E-state index in [0.29, 0.717) is 0 Å². The highest BCUT2D eigenvalue weighted by atomic mass is 32.2. The summed E-state index contributed by atoms with van der Waals surface area (Å²) in [5.41, 5.74) is -0.0390. The lowest BCUT2D eigenvalue weighted by molar-refractivity contribution is -0.144. The van der Waals surface area contributed by atoms with Gasteiger partial charge in [0.2, 0.25) is 15.8 Å². The molecule has 32 heavy (non-hydrogen) atoms. The highest BCUT2D eigenvalue weighted by Gasteiger charge is 2.36. The quantitative estimate of drug-likeness (QED) is 0.584. The van der Waals surface area contributed by atoms with Gasteiger partial charge in [0.25, 0.3) is 0 Å². The van der Waals surface area contributed by atoms with Crippen molar-refractivity contribution in [1.29, 1.82) is 0 Å². The molecule has 0 saturated carbocycles. The van der Waals surface area contributed by atoms with Gasteiger partial charge in [-0.3, -0.25) is 0 Å². The van der Waals surface area contributed by atoms with Gasteiger partial charge < -0.3 is 4.90 Å². The Hall–Kier alpha value is -2.86. The van der Waals surface area contributed by atoms with Crippen molar-refractivity contribution in [3.63, 3.8) is 0 Å². The Morgan fingerprint density at radius 1 is 0.938 bits per heavy atom. The van der Waals surface area contributed by atoms with Gasteiger partial charge in [-0.15, -0.1) is 0 Å². The van der Waals surface area contributed by atoms with Crippen LogP contribution >= 0.6 is 0 Å². The number of anilines is 1. The minimum atomic E-state index is -4.78. The lowest BCUT2D eigenvalue weighted by atomic mass is 10.1. The van der Waals surface area contributed by atoms with Gasteiger partial charge >= 0.3 is 6.18 Å². The number of nitrogens with one attached hydrogen (secondary N) is 1. The number of rotatable bonds is 4. The molecule has 1 saturated heterocycles. The van der Waals surface area contributed by atoms with Crippen LogP contribution in [0.15, 0.2) is 47.4 Å². The van der Waals surface area contributed by atoms with Gasteiger partial charge in [-0.1, -0.05) is 0 Å². The molecule has 0 aliphatic carbocycles. The fraction of sp³-hybridized carbons (Fsp3) is 0.300. The standard InChI is InChI=1S/C20H17F5N4O2S/c21-12-1-4-15(5-2-12)32(30,31)28-14-7-9-29(10-8-14)18-16-11-13(22)3-6-17(16)26-19(27-18)20(23,24)25/h1-6,11,14,28H,7-10H2. The molecule has 0 radical (unpaired) electrons. The van der Waals surface area contributed by atoms with Gasteiger partial charge in [-0.2, -0.15) is 13.2 Å². The van der Waals surface area contributed by atoms with Crippen LogP contribution in [0.25, 0.3) is 10.9 Å². The van der Waals surface area contributed by atoms with Crippen molar-refractivity contribution in [1.82, 2.24) is 14.7 Å². The third-order valence-corrected chi connectivity index (χ3v) is 6.67. The van der Waals surface area contributed by atoms with E-state index in [4.69, 9.17) is 0 Å². The molecule has 6 nitrogen and oxygen atoms in total. The molecule has 0 unspecified atom stereocenters. The number of nitrogens with zero attached hydrogens (tertiary/aromatic N) is 3. The lowest BCUT2D eigenvalue weighted by Crippen LogP contribution is -2.45. The van der Waals surface area contributed by atoms with E-state index in [9.17, 15) is 30.4 Å². The molecule has 2 aromatic carbocycles. The van der Waals surface area contributed by atoms with Crippen molar-refractivity contribution in [2.24, 2.45) is 0 Å². The second kappa shape index (κ2) is 8.24. The second-order valence-corrected chi connectivity index (χ2v) is 9.08. The molecule has 1 aromatic heterocycles. The third-order valence-electron chi connectivity index (χ3n) is 5.13. The fourth-order valence-electron chi connectivity index (χ4n) is 3.56. The summed E-state index contributed by atoms with van der Waals surface area (Å²) in [4.78, 5) is 8.61. The zero-order valence-electron chi connectivity index (χ0n) is 16.4. The van der Waals surface area contributed by atoms with E-state index in [-0.39, 0.29) is 47.5 Å². The molecule has 3 aromatic rings. The molecule has 0 amide bonds. The molecular formula is C20H17F5N4O2S. The maximum atomic E-state index is 13.8. The zero-order valence-corrected chi connectivity index (χ0v) is 17.2. The lowest BCUT2D eigenvalue weighted by Gasteiger charge is -2.33. The molecule has 4 rings (SSSR count). The first-order valence-electron chi connectivity index (χ1n) is 9.60.